The number of hydrogen-bond acceptors (Lipinski definition) is 3. The van der Waals surface area contributed by atoms with Gasteiger partial charge in [0, 0.05) is 13.0 Å². The zero-order valence-electron chi connectivity index (χ0n) is 10.3. The molecule has 2 amide bonds. The van der Waals surface area contributed by atoms with Gasteiger partial charge in [-0.15, -0.1) is 0 Å². The summed E-state index contributed by atoms with van der Waals surface area (Å²) in [6.07, 6.45) is 4.22. The van der Waals surface area contributed by atoms with Crippen LogP contribution in [0.3, 0.4) is 0 Å². The SMILES string of the molecule is O=C(NNc1ccccc1)NC1=NCCCCC1. The average molecular weight is 246 g/mol. The summed E-state index contributed by atoms with van der Waals surface area (Å²) >= 11 is 0. The van der Waals surface area contributed by atoms with Gasteiger partial charge >= 0.3 is 6.03 Å². The molecule has 0 aromatic heterocycles. The first-order valence-electron chi connectivity index (χ1n) is 6.26. The number of carbonyl (C=O) groups is 1. The molecule has 3 N–H and O–H groups in total. The van der Waals surface area contributed by atoms with Crippen LogP contribution in [0.4, 0.5) is 10.5 Å². The Labute approximate surface area is 107 Å². The molecule has 0 bridgehead atoms. The summed E-state index contributed by atoms with van der Waals surface area (Å²) in [6, 6.07) is 9.20. The fourth-order valence-electron chi connectivity index (χ4n) is 1.79. The van der Waals surface area contributed by atoms with Gasteiger partial charge in [-0.1, -0.05) is 24.6 Å². The number of hydrazine groups is 1. The third-order valence-corrected chi connectivity index (χ3v) is 2.73. The minimum absolute atomic E-state index is 0.278. The molecule has 1 aromatic rings. The lowest BCUT2D eigenvalue weighted by atomic mass is 10.2. The number of rotatable bonds is 2. The number of carbonyl (C=O) groups excluding carboxylic acids is 1. The Morgan fingerprint density at radius 1 is 1.11 bits per heavy atom. The van der Waals surface area contributed by atoms with Gasteiger partial charge in [-0.2, -0.15) is 0 Å². The largest absolute Gasteiger partial charge is 0.338 e. The Bertz CT molecular complexity index is 416. The Morgan fingerprint density at radius 3 is 2.78 bits per heavy atom. The van der Waals surface area contributed by atoms with E-state index in [0.29, 0.717) is 0 Å². The van der Waals surface area contributed by atoms with Gasteiger partial charge < -0.3 is 0 Å². The lowest BCUT2D eigenvalue weighted by Gasteiger charge is -2.10. The van der Waals surface area contributed by atoms with Gasteiger partial charge in [0.05, 0.1) is 5.69 Å². The molecule has 18 heavy (non-hydrogen) atoms. The van der Waals surface area contributed by atoms with Crippen LogP contribution in [0.2, 0.25) is 0 Å². The van der Waals surface area contributed by atoms with Crippen LogP contribution in [-0.2, 0) is 0 Å². The summed E-state index contributed by atoms with van der Waals surface area (Å²) in [5.74, 6) is 0.778. The first-order chi connectivity index (χ1) is 8.84. The van der Waals surface area contributed by atoms with Crippen LogP contribution in [-0.4, -0.2) is 18.4 Å². The van der Waals surface area contributed by atoms with E-state index in [-0.39, 0.29) is 6.03 Å². The molecule has 1 aromatic carbocycles. The minimum Gasteiger partial charge on any atom is -0.297 e. The average Bonchev–Trinajstić information content (AvgIpc) is 2.66. The van der Waals surface area contributed by atoms with E-state index >= 15 is 0 Å². The Kier molecular flexibility index (Phi) is 4.58. The van der Waals surface area contributed by atoms with Crippen molar-refractivity contribution in [3.05, 3.63) is 30.3 Å². The predicted octanol–water partition coefficient (Wildman–Crippen LogP) is 2.29. The van der Waals surface area contributed by atoms with Crippen LogP contribution in [0.5, 0.6) is 0 Å². The molecule has 5 heteroatoms. The first kappa shape index (κ1) is 12.4. The maximum absolute atomic E-state index is 11.6. The number of anilines is 1. The van der Waals surface area contributed by atoms with E-state index in [9.17, 15) is 4.79 Å². The molecule has 0 unspecified atom stereocenters. The Balaban J connectivity index is 1.76. The van der Waals surface area contributed by atoms with E-state index in [1.165, 1.54) is 6.42 Å². The number of aliphatic imine (C=N–C) groups is 1. The second kappa shape index (κ2) is 6.64. The van der Waals surface area contributed by atoms with Crippen molar-refractivity contribution in [1.29, 1.82) is 0 Å². The topological polar surface area (TPSA) is 65.5 Å². The molecular weight excluding hydrogens is 228 g/mol. The molecule has 0 spiro atoms. The van der Waals surface area contributed by atoms with Crippen molar-refractivity contribution in [2.75, 3.05) is 12.0 Å². The molecule has 0 aliphatic carbocycles. The molecule has 2 rings (SSSR count). The fourth-order valence-corrected chi connectivity index (χ4v) is 1.79. The highest BCUT2D eigenvalue weighted by Crippen LogP contribution is 2.06. The van der Waals surface area contributed by atoms with Gasteiger partial charge in [-0.3, -0.25) is 21.2 Å². The van der Waals surface area contributed by atoms with E-state index in [1.54, 1.807) is 0 Å². The van der Waals surface area contributed by atoms with E-state index in [4.69, 9.17) is 0 Å². The molecule has 0 fully saturated rings. The van der Waals surface area contributed by atoms with Crippen LogP contribution in [0, 0.1) is 0 Å². The van der Waals surface area contributed by atoms with Crippen LogP contribution in [0.1, 0.15) is 25.7 Å². The van der Waals surface area contributed by atoms with Crippen LogP contribution in [0.15, 0.2) is 35.3 Å². The Morgan fingerprint density at radius 2 is 1.94 bits per heavy atom. The third kappa shape index (κ3) is 4.08. The van der Waals surface area contributed by atoms with Crippen LogP contribution >= 0.6 is 0 Å². The van der Waals surface area contributed by atoms with E-state index < -0.39 is 0 Å². The van der Waals surface area contributed by atoms with Crippen molar-refractivity contribution in [2.45, 2.75) is 25.7 Å². The van der Waals surface area contributed by atoms with Crippen LogP contribution in [0.25, 0.3) is 0 Å². The van der Waals surface area contributed by atoms with Crippen molar-refractivity contribution in [3.8, 4) is 0 Å². The molecule has 96 valence electrons. The number of urea groups is 1. The maximum Gasteiger partial charge on any atom is 0.338 e. The lowest BCUT2D eigenvalue weighted by Crippen LogP contribution is -2.42. The summed E-state index contributed by atoms with van der Waals surface area (Å²) in [6.45, 7) is 0.807. The number of para-hydroxylation sites is 1. The monoisotopic (exact) mass is 246 g/mol. The number of nitrogens with zero attached hydrogens (tertiary/aromatic N) is 1. The van der Waals surface area contributed by atoms with Gasteiger partial charge in [0.15, 0.2) is 0 Å². The summed E-state index contributed by atoms with van der Waals surface area (Å²) in [4.78, 5) is 16.0. The van der Waals surface area contributed by atoms with E-state index in [0.717, 1.165) is 37.3 Å². The Hall–Kier alpha value is -2.04. The molecule has 0 saturated carbocycles. The minimum atomic E-state index is -0.278. The number of amidine groups is 1. The first-order valence-corrected chi connectivity index (χ1v) is 6.26. The normalized spacial score (nSPS) is 15.2. The van der Waals surface area contributed by atoms with Gasteiger partial charge in [0.1, 0.15) is 5.84 Å². The van der Waals surface area contributed by atoms with Gasteiger partial charge in [-0.25, -0.2) is 4.79 Å². The number of amides is 2. The highest BCUT2D eigenvalue weighted by atomic mass is 16.2. The van der Waals surface area contributed by atoms with E-state index in [1.807, 2.05) is 30.3 Å². The van der Waals surface area contributed by atoms with E-state index in [2.05, 4.69) is 21.2 Å². The zero-order valence-corrected chi connectivity index (χ0v) is 10.3. The second-order valence-electron chi connectivity index (χ2n) is 4.21. The fraction of sp³-hybridized carbons (Fsp3) is 0.385. The third-order valence-electron chi connectivity index (χ3n) is 2.73. The number of nitrogens with one attached hydrogen (secondary N) is 3. The van der Waals surface area contributed by atoms with Gasteiger partial charge in [-0.05, 0) is 25.0 Å². The summed E-state index contributed by atoms with van der Waals surface area (Å²) in [7, 11) is 0. The van der Waals surface area contributed by atoms with Crippen molar-refractivity contribution in [2.24, 2.45) is 4.99 Å². The quantitative estimate of drug-likeness (QED) is 0.701. The maximum atomic E-state index is 11.6. The van der Waals surface area contributed by atoms with Gasteiger partial charge in [0.25, 0.3) is 0 Å². The van der Waals surface area contributed by atoms with Crippen molar-refractivity contribution in [1.82, 2.24) is 10.7 Å². The molecular formula is C13H18N4O. The number of benzene rings is 1. The summed E-state index contributed by atoms with van der Waals surface area (Å²) in [5, 5.41) is 2.77. The summed E-state index contributed by atoms with van der Waals surface area (Å²) in [5.41, 5.74) is 6.26. The highest BCUT2D eigenvalue weighted by molar-refractivity contribution is 5.97. The smallest absolute Gasteiger partial charge is 0.297 e. The molecule has 0 atom stereocenters. The summed E-state index contributed by atoms with van der Waals surface area (Å²) < 4.78 is 0. The van der Waals surface area contributed by atoms with Gasteiger partial charge in [0.2, 0.25) is 0 Å². The van der Waals surface area contributed by atoms with Crippen LogP contribution < -0.4 is 16.2 Å². The zero-order chi connectivity index (χ0) is 12.6. The standard InChI is InChI=1S/C13H18N4O/c18-13(15-12-9-5-2-6-10-14-12)17-16-11-7-3-1-4-8-11/h1,3-4,7-8,16H,2,5-6,9-10H2,(H2,14,15,17,18). The highest BCUT2D eigenvalue weighted by Gasteiger charge is 2.07. The lowest BCUT2D eigenvalue weighted by molar-refractivity contribution is 0.247. The second-order valence-corrected chi connectivity index (χ2v) is 4.21. The predicted molar refractivity (Wildman–Crippen MR) is 72.5 cm³/mol. The van der Waals surface area contributed by atoms with Crippen molar-refractivity contribution in [3.63, 3.8) is 0 Å². The number of hydrogen-bond donors (Lipinski definition) is 3. The molecule has 1 aliphatic heterocycles. The van der Waals surface area contributed by atoms with Crippen molar-refractivity contribution >= 4 is 17.6 Å². The molecule has 5 nitrogen and oxygen atoms in total. The molecule has 0 radical (unpaired) electrons. The van der Waals surface area contributed by atoms with Crippen molar-refractivity contribution < 1.29 is 4.79 Å². The molecule has 1 aliphatic rings. The molecule has 0 saturated heterocycles. The molecule has 1 heterocycles.